The molecule has 1 atom stereocenters. The van der Waals surface area contributed by atoms with Gasteiger partial charge >= 0.3 is 5.97 Å². The fraction of sp³-hybridized carbons (Fsp3) is 0.263. The molecule has 7 nitrogen and oxygen atoms in total. The summed E-state index contributed by atoms with van der Waals surface area (Å²) in [6.07, 6.45) is 0. The van der Waals surface area contributed by atoms with E-state index in [0.29, 0.717) is 22.8 Å². The van der Waals surface area contributed by atoms with Crippen LogP contribution in [-0.4, -0.2) is 32.4 Å². The third kappa shape index (κ3) is 4.05. The number of benzene rings is 2. The van der Waals surface area contributed by atoms with Gasteiger partial charge in [0.25, 0.3) is 5.91 Å². The van der Waals surface area contributed by atoms with E-state index in [0.717, 1.165) is 5.56 Å². The molecule has 1 aliphatic heterocycles. The van der Waals surface area contributed by atoms with E-state index in [1.165, 1.54) is 7.11 Å². The van der Waals surface area contributed by atoms with Crippen LogP contribution in [0.25, 0.3) is 0 Å². The highest BCUT2D eigenvalue weighted by Crippen LogP contribution is 2.34. The van der Waals surface area contributed by atoms with Crippen LogP contribution < -0.4 is 19.5 Å². The second kappa shape index (κ2) is 7.77. The van der Waals surface area contributed by atoms with Gasteiger partial charge < -0.3 is 24.3 Å². The lowest BCUT2D eigenvalue weighted by molar-refractivity contribution is -0.124. The van der Waals surface area contributed by atoms with Crippen molar-refractivity contribution in [2.24, 2.45) is 0 Å². The average molecular weight is 357 g/mol. The number of ether oxygens (including phenoxy) is 4. The Bertz CT molecular complexity index is 819. The van der Waals surface area contributed by atoms with E-state index in [1.807, 2.05) is 19.1 Å². The van der Waals surface area contributed by atoms with Crippen molar-refractivity contribution < 1.29 is 28.5 Å². The van der Waals surface area contributed by atoms with Crippen LogP contribution >= 0.6 is 0 Å². The number of carbonyl (C=O) groups is 2. The molecule has 1 heterocycles. The Morgan fingerprint density at radius 2 is 1.96 bits per heavy atom. The fourth-order valence-electron chi connectivity index (χ4n) is 2.51. The van der Waals surface area contributed by atoms with Gasteiger partial charge in [0.15, 0.2) is 18.1 Å². The summed E-state index contributed by atoms with van der Waals surface area (Å²) in [6, 6.07) is 11.7. The zero-order valence-corrected chi connectivity index (χ0v) is 14.5. The molecule has 7 heteroatoms. The zero-order chi connectivity index (χ0) is 18.5. The van der Waals surface area contributed by atoms with Crippen molar-refractivity contribution >= 4 is 11.9 Å². The smallest absolute Gasteiger partial charge is 0.338 e. The van der Waals surface area contributed by atoms with Gasteiger partial charge in [0.1, 0.15) is 5.75 Å². The molecule has 2 aromatic rings. The minimum absolute atomic E-state index is 0.194. The Morgan fingerprint density at radius 3 is 2.77 bits per heavy atom. The third-order valence-electron chi connectivity index (χ3n) is 3.91. The van der Waals surface area contributed by atoms with Crippen molar-refractivity contribution in [2.75, 3.05) is 20.5 Å². The lowest BCUT2D eigenvalue weighted by Gasteiger charge is -2.15. The van der Waals surface area contributed by atoms with Crippen molar-refractivity contribution in [1.29, 1.82) is 0 Å². The predicted octanol–water partition coefficient (Wildman–Crippen LogP) is 2.46. The van der Waals surface area contributed by atoms with Crippen LogP contribution in [-0.2, 0) is 9.53 Å². The van der Waals surface area contributed by atoms with Crippen LogP contribution in [0.4, 0.5) is 0 Å². The van der Waals surface area contributed by atoms with Crippen LogP contribution in [0.1, 0.15) is 28.9 Å². The lowest BCUT2D eigenvalue weighted by Crippen LogP contribution is -2.31. The second-order valence-corrected chi connectivity index (χ2v) is 5.71. The molecule has 0 aromatic heterocycles. The van der Waals surface area contributed by atoms with Gasteiger partial charge in [-0.1, -0.05) is 12.1 Å². The predicted molar refractivity (Wildman–Crippen MR) is 92.4 cm³/mol. The van der Waals surface area contributed by atoms with E-state index in [1.54, 1.807) is 30.3 Å². The summed E-state index contributed by atoms with van der Waals surface area (Å²) in [5, 5.41) is 2.78. The Kier molecular flexibility index (Phi) is 5.26. The number of esters is 1. The molecule has 26 heavy (non-hydrogen) atoms. The molecule has 1 N–H and O–H groups in total. The summed E-state index contributed by atoms with van der Waals surface area (Å²) in [6.45, 7) is 1.66. The first kappa shape index (κ1) is 17.6. The summed E-state index contributed by atoms with van der Waals surface area (Å²) in [7, 11) is 1.51. The highest BCUT2D eigenvalue weighted by Gasteiger charge is 2.17. The van der Waals surface area contributed by atoms with Gasteiger partial charge in [0.2, 0.25) is 6.79 Å². The molecule has 1 amide bonds. The van der Waals surface area contributed by atoms with Crippen LogP contribution in [0.2, 0.25) is 0 Å². The summed E-state index contributed by atoms with van der Waals surface area (Å²) in [5.74, 6) is 0.883. The average Bonchev–Trinajstić information content (AvgIpc) is 3.13. The number of methoxy groups -OCH3 is 1. The molecule has 0 bridgehead atoms. The standard InChI is InChI=1S/C19H19NO6/c1-12(13-6-7-16-17(9-13)26-11-25-16)20-18(21)10-24-19(22)14-4-3-5-15(8-14)23-2/h3-9,12H,10-11H2,1-2H3,(H,20,21)/t12-/m1/s1. The van der Waals surface area contributed by atoms with Gasteiger partial charge in [-0.3, -0.25) is 4.79 Å². The molecule has 0 fully saturated rings. The summed E-state index contributed by atoms with van der Waals surface area (Å²) in [5.41, 5.74) is 1.18. The third-order valence-corrected chi connectivity index (χ3v) is 3.91. The summed E-state index contributed by atoms with van der Waals surface area (Å²) in [4.78, 5) is 24.1. The van der Waals surface area contributed by atoms with E-state index in [2.05, 4.69) is 5.32 Å². The van der Waals surface area contributed by atoms with Gasteiger partial charge in [-0.2, -0.15) is 0 Å². The van der Waals surface area contributed by atoms with Crippen molar-refractivity contribution in [3.05, 3.63) is 53.6 Å². The van der Waals surface area contributed by atoms with E-state index in [-0.39, 0.29) is 19.4 Å². The topological polar surface area (TPSA) is 83.1 Å². The minimum atomic E-state index is -0.588. The van der Waals surface area contributed by atoms with Crippen LogP contribution in [0, 0.1) is 0 Å². The van der Waals surface area contributed by atoms with Gasteiger partial charge in [0, 0.05) is 0 Å². The van der Waals surface area contributed by atoms with Crippen molar-refractivity contribution in [3.8, 4) is 17.2 Å². The first-order valence-corrected chi connectivity index (χ1v) is 8.07. The number of hydrogen-bond acceptors (Lipinski definition) is 6. The van der Waals surface area contributed by atoms with Crippen LogP contribution in [0.5, 0.6) is 17.2 Å². The molecule has 0 radical (unpaired) electrons. The molecule has 2 aromatic carbocycles. The zero-order valence-electron chi connectivity index (χ0n) is 14.5. The van der Waals surface area contributed by atoms with Crippen molar-refractivity contribution in [2.45, 2.75) is 13.0 Å². The normalized spacial score (nSPS) is 13.0. The largest absolute Gasteiger partial charge is 0.497 e. The molecule has 0 unspecified atom stereocenters. The van der Waals surface area contributed by atoms with Crippen molar-refractivity contribution in [1.82, 2.24) is 5.32 Å². The maximum Gasteiger partial charge on any atom is 0.338 e. The van der Waals surface area contributed by atoms with Crippen LogP contribution in [0.15, 0.2) is 42.5 Å². The SMILES string of the molecule is COc1cccc(C(=O)OCC(=O)N[C@H](C)c2ccc3c(c2)OCO3)c1. The number of rotatable bonds is 6. The fourth-order valence-corrected chi connectivity index (χ4v) is 2.51. The maximum atomic E-state index is 12.1. The van der Waals surface area contributed by atoms with Gasteiger partial charge in [-0.05, 0) is 42.8 Å². The molecule has 0 spiro atoms. The van der Waals surface area contributed by atoms with E-state index in [9.17, 15) is 9.59 Å². The number of fused-ring (bicyclic) bond motifs is 1. The minimum Gasteiger partial charge on any atom is -0.497 e. The number of carbonyl (C=O) groups excluding carboxylic acids is 2. The molecule has 1 aliphatic rings. The Morgan fingerprint density at radius 1 is 1.15 bits per heavy atom. The van der Waals surface area contributed by atoms with Crippen LogP contribution in [0.3, 0.4) is 0 Å². The molecule has 3 rings (SSSR count). The lowest BCUT2D eigenvalue weighted by atomic mass is 10.1. The highest BCUT2D eigenvalue weighted by molar-refractivity contribution is 5.91. The molecule has 0 saturated heterocycles. The van der Waals surface area contributed by atoms with Gasteiger partial charge in [-0.25, -0.2) is 4.79 Å². The molecule has 136 valence electrons. The number of hydrogen-bond donors (Lipinski definition) is 1. The van der Waals surface area contributed by atoms with E-state index < -0.39 is 11.9 Å². The first-order chi connectivity index (χ1) is 12.6. The Labute approximate surface area is 150 Å². The maximum absolute atomic E-state index is 12.1. The van der Waals surface area contributed by atoms with E-state index >= 15 is 0 Å². The van der Waals surface area contributed by atoms with Gasteiger partial charge in [-0.15, -0.1) is 0 Å². The molecule has 0 aliphatic carbocycles. The first-order valence-electron chi connectivity index (χ1n) is 8.07. The Balaban J connectivity index is 1.52. The molecule has 0 saturated carbocycles. The monoisotopic (exact) mass is 357 g/mol. The number of nitrogens with one attached hydrogen (secondary N) is 1. The summed E-state index contributed by atoms with van der Waals surface area (Å²) < 4.78 is 20.7. The van der Waals surface area contributed by atoms with E-state index in [4.69, 9.17) is 18.9 Å². The second-order valence-electron chi connectivity index (χ2n) is 5.71. The quantitative estimate of drug-likeness (QED) is 0.800. The highest BCUT2D eigenvalue weighted by atomic mass is 16.7. The Hall–Kier alpha value is -3.22. The summed E-state index contributed by atoms with van der Waals surface area (Å²) >= 11 is 0. The van der Waals surface area contributed by atoms with Crippen molar-refractivity contribution in [3.63, 3.8) is 0 Å². The van der Waals surface area contributed by atoms with Gasteiger partial charge in [0.05, 0.1) is 18.7 Å². The number of amides is 1. The molecular formula is C19H19NO6. The molecular weight excluding hydrogens is 338 g/mol.